The second-order valence-corrected chi connectivity index (χ2v) is 9.73. The van der Waals surface area contributed by atoms with Gasteiger partial charge in [-0.3, -0.25) is 9.59 Å². The van der Waals surface area contributed by atoms with Gasteiger partial charge in [-0.15, -0.1) is 0 Å². The van der Waals surface area contributed by atoms with Gasteiger partial charge in [0.25, 0.3) is 0 Å². The summed E-state index contributed by atoms with van der Waals surface area (Å²) in [6.45, 7) is 4.68. The van der Waals surface area contributed by atoms with E-state index in [4.69, 9.17) is 4.74 Å². The van der Waals surface area contributed by atoms with Crippen molar-refractivity contribution in [1.29, 1.82) is 0 Å². The first-order chi connectivity index (χ1) is 11.9. The molecule has 0 aromatic carbocycles. The van der Waals surface area contributed by atoms with E-state index in [-0.39, 0.29) is 28.2 Å². The van der Waals surface area contributed by atoms with Crippen LogP contribution in [0, 0.1) is 28.6 Å². The third-order valence-electron chi connectivity index (χ3n) is 8.17. The zero-order chi connectivity index (χ0) is 17.8. The van der Waals surface area contributed by atoms with Gasteiger partial charge in [0, 0.05) is 18.3 Å². The van der Waals surface area contributed by atoms with Crippen molar-refractivity contribution in [3.63, 3.8) is 0 Å². The lowest BCUT2D eigenvalue weighted by Crippen LogP contribution is -2.50. The Bertz CT molecular complexity index is 627. The fourth-order valence-electron chi connectivity index (χ4n) is 6.72. The van der Waals surface area contributed by atoms with Gasteiger partial charge in [0.15, 0.2) is 0 Å². The van der Waals surface area contributed by atoms with E-state index < -0.39 is 0 Å². The average Bonchev–Trinajstić information content (AvgIpc) is 2.90. The van der Waals surface area contributed by atoms with Gasteiger partial charge in [-0.1, -0.05) is 41.4 Å². The van der Waals surface area contributed by atoms with Crippen LogP contribution in [-0.2, 0) is 14.3 Å². The van der Waals surface area contributed by atoms with Gasteiger partial charge in [-0.25, -0.2) is 0 Å². The molecule has 3 nitrogen and oxygen atoms in total. The first kappa shape index (κ1) is 17.8. The standard InChI is InChI=1S/C21H29BrO3/c1-20-9-7-14(25-19(24)12-22)11-13(20)3-4-15-16-5-6-18(23)21(16,2)10-8-17(15)20/h3,14-17H,4-12H2,1-2H3/t14-,15-,16-,17-,20+,21-/m1/s1. The van der Waals surface area contributed by atoms with Gasteiger partial charge in [-0.05, 0) is 61.7 Å². The van der Waals surface area contributed by atoms with Crippen molar-refractivity contribution in [3.05, 3.63) is 11.6 Å². The Hall–Kier alpha value is -0.640. The molecular formula is C21H29BrO3. The Morgan fingerprint density at radius 1 is 1.20 bits per heavy atom. The van der Waals surface area contributed by atoms with E-state index in [9.17, 15) is 9.59 Å². The van der Waals surface area contributed by atoms with Crippen molar-refractivity contribution in [2.45, 2.75) is 71.3 Å². The van der Waals surface area contributed by atoms with Crippen molar-refractivity contribution in [3.8, 4) is 0 Å². The number of halogens is 1. The fraction of sp³-hybridized carbons (Fsp3) is 0.810. The van der Waals surface area contributed by atoms with E-state index in [1.807, 2.05) is 0 Å². The number of carbonyl (C=O) groups is 2. The van der Waals surface area contributed by atoms with Crippen LogP contribution in [0.5, 0.6) is 0 Å². The van der Waals surface area contributed by atoms with Crippen LogP contribution in [0.4, 0.5) is 0 Å². The number of allylic oxidation sites excluding steroid dienone is 1. The van der Waals surface area contributed by atoms with Crippen molar-refractivity contribution < 1.29 is 14.3 Å². The monoisotopic (exact) mass is 408 g/mol. The number of ketones is 1. The molecule has 0 unspecified atom stereocenters. The largest absolute Gasteiger partial charge is 0.461 e. The average molecular weight is 409 g/mol. The molecule has 4 rings (SSSR count). The highest BCUT2D eigenvalue weighted by Crippen LogP contribution is 2.64. The molecule has 0 amide bonds. The van der Waals surface area contributed by atoms with E-state index >= 15 is 0 Å². The molecule has 4 aliphatic rings. The normalized spacial score (nSPS) is 45.9. The Kier molecular flexibility index (Phi) is 4.41. The number of fused-ring (bicyclic) bond motifs is 5. The van der Waals surface area contributed by atoms with Gasteiger partial charge < -0.3 is 4.74 Å². The van der Waals surface area contributed by atoms with Crippen LogP contribution in [0.3, 0.4) is 0 Å². The lowest BCUT2D eigenvalue weighted by molar-refractivity contribution is -0.148. The minimum absolute atomic E-state index is 0.0443. The first-order valence-electron chi connectivity index (χ1n) is 9.87. The Labute approximate surface area is 159 Å². The number of rotatable bonds is 2. The van der Waals surface area contributed by atoms with Gasteiger partial charge in [0.2, 0.25) is 0 Å². The number of hydrogen-bond acceptors (Lipinski definition) is 3. The summed E-state index contributed by atoms with van der Waals surface area (Å²) in [4.78, 5) is 24.1. The lowest BCUT2D eigenvalue weighted by atomic mass is 9.48. The maximum Gasteiger partial charge on any atom is 0.316 e. The highest BCUT2D eigenvalue weighted by Gasteiger charge is 2.58. The molecule has 0 N–H and O–H groups in total. The zero-order valence-corrected chi connectivity index (χ0v) is 16.9. The molecule has 0 bridgehead atoms. The van der Waals surface area contributed by atoms with Gasteiger partial charge >= 0.3 is 5.97 Å². The zero-order valence-electron chi connectivity index (χ0n) is 15.4. The maximum absolute atomic E-state index is 12.5. The number of hydrogen-bond donors (Lipinski definition) is 0. The van der Waals surface area contributed by atoms with Crippen LogP contribution in [0.1, 0.15) is 65.2 Å². The van der Waals surface area contributed by atoms with Crippen LogP contribution in [0.2, 0.25) is 0 Å². The third-order valence-corrected chi connectivity index (χ3v) is 8.63. The van der Waals surface area contributed by atoms with Crippen LogP contribution in [-0.4, -0.2) is 23.2 Å². The van der Waals surface area contributed by atoms with E-state index in [2.05, 4.69) is 35.9 Å². The molecule has 0 spiro atoms. The highest BCUT2D eigenvalue weighted by molar-refractivity contribution is 9.09. The number of ether oxygens (including phenoxy) is 1. The van der Waals surface area contributed by atoms with Crippen LogP contribution >= 0.6 is 15.9 Å². The molecule has 0 aliphatic heterocycles. The van der Waals surface area contributed by atoms with E-state index in [0.29, 0.717) is 23.5 Å². The van der Waals surface area contributed by atoms with Crippen molar-refractivity contribution in [2.24, 2.45) is 28.6 Å². The summed E-state index contributed by atoms with van der Waals surface area (Å²) in [5, 5.41) is 0.277. The summed E-state index contributed by atoms with van der Waals surface area (Å²) in [5.74, 6) is 2.31. The summed E-state index contributed by atoms with van der Waals surface area (Å²) < 4.78 is 5.60. The van der Waals surface area contributed by atoms with Crippen LogP contribution in [0.25, 0.3) is 0 Å². The van der Waals surface area contributed by atoms with Crippen LogP contribution < -0.4 is 0 Å². The topological polar surface area (TPSA) is 43.4 Å². The van der Waals surface area contributed by atoms with E-state index in [0.717, 1.165) is 44.9 Å². The summed E-state index contributed by atoms with van der Waals surface area (Å²) in [6, 6.07) is 0. The molecule has 0 radical (unpaired) electrons. The molecule has 0 aromatic heterocycles. The second-order valence-electron chi connectivity index (χ2n) is 9.17. The predicted molar refractivity (Wildman–Crippen MR) is 100 cm³/mol. The molecular weight excluding hydrogens is 380 g/mol. The lowest BCUT2D eigenvalue weighted by Gasteiger charge is -2.56. The first-order valence-corrected chi connectivity index (χ1v) is 11.0. The van der Waals surface area contributed by atoms with E-state index in [1.165, 1.54) is 12.0 Å². The molecule has 25 heavy (non-hydrogen) atoms. The van der Waals surface area contributed by atoms with Crippen molar-refractivity contribution >= 4 is 27.7 Å². The number of alkyl halides is 1. The third kappa shape index (κ3) is 2.65. The molecule has 0 aromatic rings. The minimum atomic E-state index is -0.152. The smallest absolute Gasteiger partial charge is 0.316 e. The Morgan fingerprint density at radius 2 is 1.92 bits per heavy atom. The number of esters is 1. The molecule has 6 atom stereocenters. The predicted octanol–water partition coefficient (Wildman–Crippen LogP) is 4.83. The van der Waals surface area contributed by atoms with Gasteiger partial charge in [0.1, 0.15) is 17.2 Å². The molecule has 0 saturated heterocycles. The molecule has 3 fully saturated rings. The fourth-order valence-corrected chi connectivity index (χ4v) is 6.85. The second kappa shape index (κ2) is 6.21. The number of carbonyl (C=O) groups excluding carboxylic acids is 2. The van der Waals surface area contributed by atoms with Gasteiger partial charge in [-0.2, -0.15) is 0 Å². The Morgan fingerprint density at radius 3 is 2.68 bits per heavy atom. The summed E-state index contributed by atoms with van der Waals surface area (Å²) >= 11 is 3.19. The molecule has 4 heteroatoms. The molecule has 0 heterocycles. The van der Waals surface area contributed by atoms with E-state index in [1.54, 1.807) is 0 Å². The summed E-state index contributed by atoms with van der Waals surface area (Å²) in [6.07, 6.45) is 10.7. The Balaban J connectivity index is 1.56. The van der Waals surface area contributed by atoms with Gasteiger partial charge in [0.05, 0.1) is 0 Å². The highest BCUT2D eigenvalue weighted by atomic mass is 79.9. The SMILES string of the molecule is C[C@@]12CC[C@@H]3[C@H](CC=C4C[C@H](OC(=O)CBr)CC[C@@]43C)[C@H]1CCC2=O. The van der Waals surface area contributed by atoms with Crippen molar-refractivity contribution in [2.75, 3.05) is 5.33 Å². The quantitative estimate of drug-likeness (QED) is 0.373. The van der Waals surface area contributed by atoms with Crippen molar-refractivity contribution in [1.82, 2.24) is 0 Å². The molecule has 138 valence electrons. The van der Waals surface area contributed by atoms with Crippen LogP contribution in [0.15, 0.2) is 11.6 Å². The number of Topliss-reactive ketones (excluding diaryl/α,β-unsaturated/α-hetero) is 1. The maximum atomic E-state index is 12.5. The minimum Gasteiger partial charge on any atom is -0.461 e. The molecule has 3 saturated carbocycles. The summed E-state index contributed by atoms with van der Waals surface area (Å²) in [7, 11) is 0. The summed E-state index contributed by atoms with van der Waals surface area (Å²) in [5.41, 5.74) is 1.71. The molecule has 4 aliphatic carbocycles.